The van der Waals surface area contributed by atoms with Gasteiger partial charge in [0.15, 0.2) is 26.8 Å². The molecule has 1 saturated heterocycles. The van der Waals surface area contributed by atoms with Crippen LogP contribution in [0.25, 0.3) is 11.0 Å². The third-order valence-corrected chi connectivity index (χ3v) is 8.49. The zero-order valence-electron chi connectivity index (χ0n) is 20.1. The first-order valence-corrected chi connectivity index (χ1v) is 13.4. The Morgan fingerprint density at radius 2 is 1.89 bits per heavy atom. The van der Waals surface area contributed by atoms with Crippen molar-refractivity contribution >= 4 is 26.7 Å². The van der Waals surface area contributed by atoms with Crippen LogP contribution in [0.2, 0.25) is 0 Å². The number of carbonyl (C=O) groups is 1. The van der Waals surface area contributed by atoms with Gasteiger partial charge < -0.3 is 18.8 Å². The Morgan fingerprint density at radius 1 is 1.11 bits per heavy atom. The van der Waals surface area contributed by atoms with Crippen LogP contribution < -0.4 is 14.9 Å². The molecule has 0 aliphatic carbocycles. The second-order valence-electron chi connectivity index (χ2n) is 9.15. The molecule has 2 aliphatic rings. The van der Waals surface area contributed by atoms with Crippen LogP contribution in [0.4, 0.5) is 0 Å². The van der Waals surface area contributed by atoms with Gasteiger partial charge in [-0.2, -0.15) is 0 Å². The predicted molar refractivity (Wildman–Crippen MR) is 131 cm³/mol. The highest BCUT2D eigenvalue weighted by Gasteiger charge is 2.48. The van der Waals surface area contributed by atoms with E-state index in [1.165, 1.54) is 12.0 Å². The normalized spacial score (nSPS) is 20.9. The van der Waals surface area contributed by atoms with Gasteiger partial charge in [0.2, 0.25) is 5.76 Å². The molecule has 2 unspecified atom stereocenters. The number of nitrogens with zero attached hydrogens (tertiary/aromatic N) is 1. The topological polar surface area (TPSA) is 103 Å². The quantitative estimate of drug-likeness (QED) is 0.531. The van der Waals surface area contributed by atoms with Crippen molar-refractivity contribution in [2.45, 2.75) is 39.3 Å². The summed E-state index contributed by atoms with van der Waals surface area (Å²) in [5.74, 6) is 0.342. The first-order valence-electron chi connectivity index (χ1n) is 11.6. The number of hydrogen-bond acceptors (Lipinski definition) is 7. The number of ether oxygens (including phenoxy) is 2. The largest absolute Gasteiger partial charge is 0.493 e. The number of methoxy groups -OCH3 is 1. The van der Waals surface area contributed by atoms with Gasteiger partial charge in [0.25, 0.3) is 5.91 Å². The number of sulfone groups is 1. The summed E-state index contributed by atoms with van der Waals surface area (Å²) in [5.41, 5.74) is 2.60. The van der Waals surface area contributed by atoms with E-state index in [0.717, 1.165) is 11.1 Å². The van der Waals surface area contributed by atoms with Crippen molar-refractivity contribution in [2.75, 3.05) is 25.2 Å². The molecule has 5 rings (SSSR count). The van der Waals surface area contributed by atoms with Gasteiger partial charge in [-0.1, -0.05) is 12.1 Å². The molecule has 9 heteroatoms. The van der Waals surface area contributed by atoms with Crippen molar-refractivity contribution in [2.24, 2.45) is 0 Å². The lowest BCUT2D eigenvalue weighted by Gasteiger charge is -2.30. The average Bonchev–Trinajstić information content (AvgIpc) is 3.31. The Bertz CT molecular complexity index is 1520. The number of amides is 1. The Hall–Kier alpha value is -3.33. The Labute approximate surface area is 203 Å². The summed E-state index contributed by atoms with van der Waals surface area (Å²) in [4.78, 5) is 29.1. The van der Waals surface area contributed by atoms with E-state index in [-0.39, 0.29) is 28.3 Å². The number of carbonyl (C=O) groups excluding carboxylic acids is 1. The molecular weight excluding hydrogens is 470 g/mol. The molecule has 0 spiro atoms. The summed E-state index contributed by atoms with van der Waals surface area (Å²) in [6, 6.07) is 7.54. The highest BCUT2D eigenvalue weighted by atomic mass is 32.2. The van der Waals surface area contributed by atoms with Crippen LogP contribution in [0.5, 0.6) is 11.5 Å². The average molecular weight is 498 g/mol. The molecule has 2 aliphatic heterocycles. The second kappa shape index (κ2) is 8.41. The lowest BCUT2D eigenvalue weighted by atomic mass is 9.96. The van der Waals surface area contributed by atoms with Crippen LogP contribution in [0.3, 0.4) is 0 Å². The lowest BCUT2D eigenvalue weighted by Crippen LogP contribution is -2.40. The maximum absolute atomic E-state index is 13.9. The molecule has 2 atom stereocenters. The monoisotopic (exact) mass is 497 g/mol. The summed E-state index contributed by atoms with van der Waals surface area (Å²) in [5, 5.41) is 0.401. The third-order valence-electron chi connectivity index (χ3n) is 6.74. The summed E-state index contributed by atoms with van der Waals surface area (Å²) < 4.78 is 41.9. The molecule has 0 bridgehead atoms. The molecule has 0 saturated carbocycles. The molecule has 8 nitrogen and oxygen atoms in total. The molecule has 2 aromatic carbocycles. The van der Waals surface area contributed by atoms with Gasteiger partial charge >= 0.3 is 0 Å². The van der Waals surface area contributed by atoms with E-state index in [1.807, 2.05) is 26.8 Å². The first kappa shape index (κ1) is 23.4. The van der Waals surface area contributed by atoms with Crippen LogP contribution in [0.1, 0.15) is 52.2 Å². The molecule has 0 N–H and O–H groups in total. The standard InChI is InChI=1S/C26H27NO7S/c1-5-33-19-7-6-16(12-20(19)32-4)22-21-23(28)18-11-14(2)10-15(3)24(18)34-25(21)26(29)27(22)17-8-9-35(30,31)13-17/h6-7,10-12,17,22H,5,8-9,13H2,1-4H3. The number of benzene rings is 2. The van der Waals surface area contributed by atoms with Crippen LogP contribution >= 0.6 is 0 Å². The van der Waals surface area contributed by atoms with Gasteiger partial charge in [-0.15, -0.1) is 0 Å². The van der Waals surface area contributed by atoms with Crippen LogP contribution in [-0.4, -0.2) is 50.5 Å². The van der Waals surface area contributed by atoms with Crippen molar-refractivity contribution in [1.29, 1.82) is 0 Å². The van der Waals surface area contributed by atoms with E-state index < -0.39 is 27.8 Å². The maximum atomic E-state index is 13.9. The number of rotatable bonds is 5. The number of fused-ring (bicyclic) bond motifs is 2. The summed E-state index contributed by atoms with van der Waals surface area (Å²) >= 11 is 0. The van der Waals surface area contributed by atoms with Crippen molar-refractivity contribution in [3.8, 4) is 11.5 Å². The minimum Gasteiger partial charge on any atom is -0.493 e. The molecule has 1 amide bonds. The lowest BCUT2D eigenvalue weighted by molar-refractivity contribution is 0.0662. The number of hydrogen-bond donors (Lipinski definition) is 0. The third kappa shape index (κ3) is 3.78. The zero-order valence-corrected chi connectivity index (χ0v) is 20.9. The smallest absolute Gasteiger partial charge is 0.291 e. The maximum Gasteiger partial charge on any atom is 0.291 e. The van der Waals surface area contributed by atoms with Gasteiger partial charge in [0.05, 0.1) is 42.2 Å². The molecular formula is C26H27NO7S. The molecule has 0 radical (unpaired) electrons. The fourth-order valence-electron chi connectivity index (χ4n) is 5.27. The van der Waals surface area contributed by atoms with Crippen LogP contribution in [0, 0.1) is 13.8 Å². The molecule has 184 valence electrons. The van der Waals surface area contributed by atoms with Gasteiger partial charge in [-0.3, -0.25) is 9.59 Å². The van der Waals surface area contributed by atoms with Gasteiger partial charge in [-0.05, 0) is 62.1 Å². The highest BCUT2D eigenvalue weighted by Crippen LogP contribution is 2.43. The molecule has 1 fully saturated rings. The minimum atomic E-state index is -3.28. The Kier molecular flexibility index (Phi) is 5.62. The van der Waals surface area contributed by atoms with E-state index in [9.17, 15) is 18.0 Å². The van der Waals surface area contributed by atoms with E-state index >= 15 is 0 Å². The first-order chi connectivity index (χ1) is 16.6. The second-order valence-corrected chi connectivity index (χ2v) is 11.4. The minimum absolute atomic E-state index is 0.00123. The van der Waals surface area contributed by atoms with Crippen molar-refractivity contribution in [3.05, 3.63) is 68.6 Å². The molecule has 3 aromatic rings. The number of aryl methyl sites for hydroxylation is 2. The summed E-state index contributed by atoms with van der Waals surface area (Å²) in [6.07, 6.45) is 0.304. The van der Waals surface area contributed by atoms with Gasteiger partial charge in [0.1, 0.15) is 5.58 Å². The van der Waals surface area contributed by atoms with Gasteiger partial charge in [-0.25, -0.2) is 8.42 Å². The van der Waals surface area contributed by atoms with Crippen LogP contribution in [-0.2, 0) is 9.84 Å². The zero-order chi connectivity index (χ0) is 25.1. The Balaban J connectivity index is 1.77. The SMILES string of the molecule is CCOc1ccc(C2c3c(oc4c(C)cc(C)cc4c3=O)C(=O)N2C2CCS(=O)(=O)C2)cc1OC. The predicted octanol–water partition coefficient (Wildman–Crippen LogP) is 3.55. The summed E-state index contributed by atoms with van der Waals surface area (Å²) in [6.45, 7) is 6.04. The molecule has 35 heavy (non-hydrogen) atoms. The van der Waals surface area contributed by atoms with Crippen molar-refractivity contribution in [1.82, 2.24) is 4.90 Å². The highest BCUT2D eigenvalue weighted by molar-refractivity contribution is 7.91. The molecule has 3 heterocycles. The van der Waals surface area contributed by atoms with E-state index in [0.29, 0.717) is 41.1 Å². The van der Waals surface area contributed by atoms with E-state index in [1.54, 1.807) is 24.3 Å². The van der Waals surface area contributed by atoms with E-state index in [2.05, 4.69) is 0 Å². The van der Waals surface area contributed by atoms with Gasteiger partial charge in [0, 0.05) is 6.04 Å². The van der Waals surface area contributed by atoms with Crippen molar-refractivity contribution < 1.29 is 27.1 Å². The Morgan fingerprint density at radius 3 is 2.54 bits per heavy atom. The fourth-order valence-corrected chi connectivity index (χ4v) is 6.98. The van der Waals surface area contributed by atoms with Crippen LogP contribution in [0.15, 0.2) is 39.5 Å². The molecule has 1 aromatic heterocycles. The summed E-state index contributed by atoms with van der Waals surface area (Å²) in [7, 11) is -1.77. The van der Waals surface area contributed by atoms with Crippen molar-refractivity contribution in [3.63, 3.8) is 0 Å². The van der Waals surface area contributed by atoms with E-state index in [4.69, 9.17) is 13.9 Å². The fraction of sp³-hybridized carbons (Fsp3) is 0.385.